The summed E-state index contributed by atoms with van der Waals surface area (Å²) in [6.07, 6.45) is -1.29. The van der Waals surface area contributed by atoms with Gasteiger partial charge in [0, 0.05) is 42.4 Å². The number of aromatic nitrogens is 3. The Labute approximate surface area is 266 Å². The highest BCUT2D eigenvalue weighted by molar-refractivity contribution is 5.92. The number of hydrogen-bond acceptors (Lipinski definition) is 5. The SMILES string of the molecule is CCC(N)C(=O)N1C[C@@H](F)C[C@H]1Cc1c(-c2nc3cc(F)ccc3n2C[C@@H]2C[C@H](F)CN2C(=O)C(N)C(C)C)[nH]c2ccccc12. The van der Waals surface area contributed by atoms with Crippen molar-refractivity contribution in [2.75, 3.05) is 13.1 Å². The summed E-state index contributed by atoms with van der Waals surface area (Å²) in [6.45, 7) is 5.68. The minimum atomic E-state index is -1.21. The number of carbonyl (C=O) groups is 2. The topological polar surface area (TPSA) is 126 Å². The molecule has 6 atom stereocenters. The summed E-state index contributed by atoms with van der Waals surface area (Å²) in [7, 11) is 0. The summed E-state index contributed by atoms with van der Waals surface area (Å²) in [4.78, 5) is 38.0. The normalized spacial score (nSPS) is 23.2. The fourth-order valence-corrected chi connectivity index (χ4v) is 7.02. The number of nitrogens with one attached hydrogen (secondary N) is 1. The number of hydrogen-bond donors (Lipinski definition) is 3. The van der Waals surface area contributed by atoms with Crippen LogP contribution < -0.4 is 11.5 Å². The smallest absolute Gasteiger partial charge is 0.240 e. The molecule has 0 aliphatic carbocycles. The molecule has 46 heavy (non-hydrogen) atoms. The van der Waals surface area contributed by atoms with Gasteiger partial charge >= 0.3 is 0 Å². The molecule has 0 radical (unpaired) electrons. The lowest BCUT2D eigenvalue weighted by Gasteiger charge is -2.29. The van der Waals surface area contributed by atoms with Crippen molar-refractivity contribution >= 4 is 33.8 Å². The average Bonchev–Trinajstić information content (AvgIpc) is 3.79. The monoisotopic (exact) mass is 637 g/mol. The molecule has 5 N–H and O–H groups in total. The molecule has 2 fully saturated rings. The van der Waals surface area contributed by atoms with Gasteiger partial charge in [-0.3, -0.25) is 9.59 Å². The van der Waals surface area contributed by atoms with Gasteiger partial charge < -0.3 is 30.8 Å². The summed E-state index contributed by atoms with van der Waals surface area (Å²) in [5.74, 6) is -0.672. The number of para-hydroxylation sites is 1. The Balaban J connectivity index is 1.45. The first kappa shape index (κ1) is 32.1. The molecular formula is C34H42F3N7O2. The van der Waals surface area contributed by atoms with E-state index in [1.54, 1.807) is 11.0 Å². The second-order valence-electron chi connectivity index (χ2n) is 13.1. The highest BCUT2D eigenvalue weighted by Crippen LogP contribution is 2.37. The highest BCUT2D eigenvalue weighted by Gasteiger charge is 2.40. The first-order chi connectivity index (χ1) is 22.0. The van der Waals surface area contributed by atoms with E-state index in [4.69, 9.17) is 16.5 Å². The van der Waals surface area contributed by atoms with Crippen LogP contribution in [0.15, 0.2) is 42.5 Å². The molecule has 2 aliphatic rings. The third-order valence-electron chi connectivity index (χ3n) is 9.63. The maximum Gasteiger partial charge on any atom is 0.240 e. The van der Waals surface area contributed by atoms with Crippen molar-refractivity contribution in [3.8, 4) is 11.5 Å². The molecule has 4 heterocycles. The van der Waals surface area contributed by atoms with E-state index in [0.29, 0.717) is 35.4 Å². The Morgan fingerprint density at radius 2 is 1.67 bits per heavy atom. The third-order valence-corrected chi connectivity index (χ3v) is 9.63. The van der Waals surface area contributed by atoms with Crippen molar-refractivity contribution in [2.45, 2.75) is 89.5 Å². The van der Waals surface area contributed by atoms with Crippen LogP contribution in [0.2, 0.25) is 0 Å². The Kier molecular flexibility index (Phi) is 8.86. The van der Waals surface area contributed by atoms with Crippen LogP contribution in [0, 0.1) is 11.7 Å². The van der Waals surface area contributed by atoms with Gasteiger partial charge in [0.1, 0.15) is 18.2 Å². The predicted octanol–water partition coefficient (Wildman–Crippen LogP) is 4.46. The molecule has 6 rings (SSSR count). The van der Waals surface area contributed by atoms with Gasteiger partial charge in [-0.2, -0.15) is 0 Å². The van der Waals surface area contributed by atoms with Crippen molar-refractivity contribution in [3.05, 3.63) is 53.8 Å². The maximum atomic E-state index is 14.9. The number of nitrogens with two attached hydrogens (primary N) is 2. The zero-order valence-electron chi connectivity index (χ0n) is 26.4. The number of carbonyl (C=O) groups excluding carboxylic acids is 2. The number of aromatic amines is 1. The summed E-state index contributed by atoms with van der Waals surface area (Å²) < 4.78 is 46.2. The van der Waals surface area contributed by atoms with Crippen molar-refractivity contribution in [1.82, 2.24) is 24.3 Å². The summed E-state index contributed by atoms with van der Waals surface area (Å²) in [5, 5.41) is 0.890. The molecule has 2 amide bonds. The van der Waals surface area contributed by atoms with Crippen LogP contribution in [0.4, 0.5) is 13.2 Å². The standard InChI is InChI=1S/C34H42F3N7O2/c1-4-26(38)33(45)42-15-20(36)11-22(42)14-25-24-7-5-6-8-27(24)40-31(25)32-41-28-13-19(35)9-10-29(28)44(32)17-23-12-21(37)16-43(23)34(46)30(39)18(2)3/h5-10,13,18,20-23,26,30,40H,4,11-12,14-17,38-39H2,1-3H3/t20-,21-,22-,23-,26?,30?/m0/s1. The van der Waals surface area contributed by atoms with Crippen molar-refractivity contribution in [2.24, 2.45) is 17.4 Å². The fourth-order valence-electron chi connectivity index (χ4n) is 7.02. The van der Waals surface area contributed by atoms with E-state index in [9.17, 15) is 22.8 Å². The molecule has 2 aromatic heterocycles. The molecule has 2 unspecified atom stereocenters. The van der Waals surface area contributed by atoms with E-state index in [-0.39, 0.29) is 50.2 Å². The number of benzene rings is 2. The molecule has 0 bridgehead atoms. The zero-order chi connectivity index (χ0) is 32.9. The molecule has 2 saturated heterocycles. The minimum absolute atomic E-state index is 0.0128. The Hall–Kier alpha value is -3.90. The zero-order valence-corrected chi connectivity index (χ0v) is 26.4. The number of H-pyrrole nitrogens is 1. The van der Waals surface area contributed by atoms with Gasteiger partial charge in [0.25, 0.3) is 0 Å². The Morgan fingerprint density at radius 1 is 1.00 bits per heavy atom. The molecule has 0 spiro atoms. The predicted molar refractivity (Wildman–Crippen MR) is 172 cm³/mol. The van der Waals surface area contributed by atoms with Crippen molar-refractivity contribution < 1.29 is 22.8 Å². The number of nitrogens with zero attached hydrogens (tertiary/aromatic N) is 4. The second-order valence-corrected chi connectivity index (χ2v) is 13.1. The first-order valence-electron chi connectivity index (χ1n) is 16.1. The quantitative estimate of drug-likeness (QED) is 0.250. The number of alkyl halides is 2. The molecule has 0 saturated carbocycles. The molecule has 2 aromatic carbocycles. The van der Waals surface area contributed by atoms with E-state index in [2.05, 4.69) is 4.98 Å². The largest absolute Gasteiger partial charge is 0.352 e. The van der Waals surface area contributed by atoms with Gasteiger partial charge in [0.05, 0.1) is 47.9 Å². The van der Waals surface area contributed by atoms with Crippen molar-refractivity contribution in [3.63, 3.8) is 0 Å². The van der Waals surface area contributed by atoms with Crippen LogP contribution >= 0.6 is 0 Å². The van der Waals surface area contributed by atoms with Crippen LogP contribution in [-0.4, -0.2) is 85.7 Å². The number of likely N-dealkylation sites (tertiary alicyclic amines) is 2. The average molecular weight is 638 g/mol. The number of imidazole rings is 1. The molecule has 2 aliphatic heterocycles. The molecular weight excluding hydrogens is 595 g/mol. The fraction of sp³-hybridized carbons (Fsp3) is 0.500. The van der Waals surface area contributed by atoms with Gasteiger partial charge in [0.15, 0.2) is 5.82 Å². The second kappa shape index (κ2) is 12.7. The van der Waals surface area contributed by atoms with E-state index < -0.39 is 42.3 Å². The van der Waals surface area contributed by atoms with Crippen molar-refractivity contribution in [1.29, 1.82) is 0 Å². The lowest BCUT2D eigenvalue weighted by molar-refractivity contribution is -0.135. The van der Waals surface area contributed by atoms with Gasteiger partial charge in [-0.1, -0.05) is 39.0 Å². The number of halogens is 3. The first-order valence-corrected chi connectivity index (χ1v) is 16.1. The van der Waals surface area contributed by atoms with Crippen LogP contribution in [0.5, 0.6) is 0 Å². The maximum absolute atomic E-state index is 14.9. The molecule has 9 nitrogen and oxygen atoms in total. The highest BCUT2D eigenvalue weighted by atomic mass is 19.1. The summed E-state index contributed by atoms with van der Waals surface area (Å²) in [5.41, 5.74) is 15.6. The lowest BCUT2D eigenvalue weighted by atomic mass is 9.99. The van der Waals surface area contributed by atoms with Gasteiger partial charge in [-0.25, -0.2) is 18.2 Å². The minimum Gasteiger partial charge on any atom is -0.352 e. The number of amides is 2. The van der Waals surface area contributed by atoms with E-state index in [1.807, 2.05) is 49.6 Å². The molecule has 12 heteroatoms. The van der Waals surface area contributed by atoms with Gasteiger partial charge in [-0.15, -0.1) is 0 Å². The Morgan fingerprint density at radius 3 is 2.37 bits per heavy atom. The molecule has 246 valence electrons. The van der Waals surface area contributed by atoms with Crippen LogP contribution in [0.1, 0.15) is 45.6 Å². The van der Waals surface area contributed by atoms with Gasteiger partial charge in [-0.05, 0) is 42.5 Å². The van der Waals surface area contributed by atoms with Gasteiger partial charge in [0.2, 0.25) is 11.8 Å². The number of rotatable bonds is 9. The van der Waals surface area contributed by atoms with E-state index in [1.165, 1.54) is 17.0 Å². The summed E-state index contributed by atoms with van der Waals surface area (Å²) >= 11 is 0. The Bertz CT molecular complexity index is 1750. The third kappa shape index (κ3) is 5.88. The lowest BCUT2D eigenvalue weighted by Crippen LogP contribution is -2.49. The van der Waals surface area contributed by atoms with Crippen LogP contribution in [-0.2, 0) is 22.6 Å². The number of fused-ring (bicyclic) bond motifs is 2. The van der Waals surface area contributed by atoms with Crippen LogP contribution in [0.25, 0.3) is 33.5 Å². The van der Waals surface area contributed by atoms with Crippen LogP contribution in [0.3, 0.4) is 0 Å². The van der Waals surface area contributed by atoms with E-state index in [0.717, 1.165) is 16.5 Å². The summed E-state index contributed by atoms with van der Waals surface area (Å²) in [6, 6.07) is 9.61. The molecule has 4 aromatic rings. The van der Waals surface area contributed by atoms with E-state index >= 15 is 0 Å².